The van der Waals surface area contributed by atoms with Gasteiger partial charge in [0.15, 0.2) is 0 Å². The summed E-state index contributed by atoms with van der Waals surface area (Å²) < 4.78 is 43.6. The fourth-order valence-electron chi connectivity index (χ4n) is 4.43. The van der Waals surface area contributed by atoms with Crippen molar-refractivity contribution in [2.24, 2.45) is 0 Å². The Bertz CT molecular complexity index is 1280. The van der Waals surface area contributed by atoms with Crippen LogP contribution in [0.3, 0.4) is 0 Å². The van der Waals surface area contributed by atoms with Crippen molar-refractivity contribution in [3.8, 4) is 5.88 Å². The number of rotatable bonds is 9. The predicted molar refractivity (Wildman–Crippen MR) is 128 cm³/mol. The van der Waals surface area contributed by atoms with Crippen LogP contribution in [0.25, 0.3) is 11.0 Å². The second-order valence-electron chi connectivity index (χ2n) is 8.89. The molecule has 3 aromatic rings. The maximum absolute atomic E-state index is 13.6. The predicted octanol–water partition coefficient (Wildman–Crippen LogP) is 4.53. The average Bonchev–Trinajstić information content (AvgIpc) is 3.37. The van der Waals surface area contributed by atoms with E-state index in [1.807, 2.05) is 18.3 Å². The number of halogens is 4. The molecule has 1 aromatic carbocycles. The number of aromatic amines is 1. The Labute approximate surface area is 210 Å². The number of anilines is 1. The van der Waals surface area contributed by atoms with Crippen molar-refractivity contribution in [3.63, 3.8) is 0 Å². The van der Waals surface area contributed by atoms with Gasteiger partial charge in [-0.3, -0.25) is 14.7 Å². The molecule has 192 valence electrons. The minimum absolute atomic E-state index is 0.262. The number of carbonyl (C=O) groups excluding carboxylic acids is 2. The number of nitrogens with zero attached hydrogens (tertiary/aromatic N) is 3. The summed E-state index contributed by atoms with van der Waals surface area (Å²) in [6.07, 6.45) is -1.75. The van der Waals surface area contributed by atoms with Crippen LogP contribution < -0.4 is 15.0 Å². The lowest BCUT2D eigenvalue weighted by Gasteiger charge is -2.27. The summed E-state index contributed by atoms with van der Waals surface area (Å²) in [5.74, 6) is -0.882. The first-order valence-electron chi connectivity index (χ1n) is 11.4. The molecular formula is C24H25ClF3N5O3. The molecule has 3 heterocycles. The SMILES string of the molecule is CCC(CC[C@]1(C)C(=O)N(CC(=O)NCC(F)(F)F)c2cccc(Cl)c21)Oc1ccc2[nH]ncc2n1. The van der Waals surface area contributed by atoms with Crippen molar-refractivity contribution in [2.75, 3.05) is 18.0 Å². The number of amides is 2. The van der Waals surface area contributed by atoms with Crippen molar-refractivity contribution in [1.29, 1.82) is 0 Å². The lowest BCUT2D eigenvalue weighted by Crippen LogP contribution is -2.45. The number of hydrogen-bond donors (Lipinski definition) is 2. The van der Waals surface area contributed by atoms with E-state index in [2.05, 4.69) is 15.2 Å². The normalized spacial score (nSPS) is 18.4. The summed E-state index contributed by atoms with van der Waals surface area (Å²) in [6, 6.07) is 8.47. The Morgan fingerprint density at radius 2 is 2.08 bits per heavy atom. The first-order valence-corrected chi connectivity index (χ1v) is 11.8. The number of aromatic nitrogens is 3. The molecule has 0 saturated carbocycles. The molecule has 0 aliphatic carbocycles. The second-order valence-corrected chi connectivity index (χ2v) is 9.30. The lowest BCUT2D eigenvalue weighted by atomic mass is 9.78. The van der Waals surface area contributed by atoms with Crippen LogP contribution in [0.5, 0.6) is 5.88 Å². The average molecular weight is 524 g/mol. The van der Waals surface area contributed by atoms with Crippen LogP contribution in [0.2, 0.25) is 5.02 Å². The molecule has 8 nitrogen and oxygen atoms in total. The molecule has 0 bridgehead atoms. The van der Waals surface area contributed by atoms with Gasteiger partial charge in [-0.05, 0) is 44.4 Å². The molecule has 0 saturated heterocycles. The fraction of sp³-hybridized carbons (Fsp3) is 0.417. The zero-order valence-electron chi connectivity index (χ0n) is 19.7. The molecule has 36 heavy (non-hydrogen) atoms. The first kappa shape index (κ1) is 25.7. The molecule has 1 aliphatic rings. The zero-order valence-corrected chi connectivity index (χ0v) is 20.4. The van der Waals surface area contributed by atoms with E-state index in [0.29, 0.717) is 46.9 Å². The quantitative estimate of drug-likeness (QED) is 0.429. The van der Waals surface area contributed by atoms with Crippen LogP contribution in [0.15, 0.2) is 36.5 Å². The third-order valence-corrected chi connectivity index (χ3v) is 6.63. The van der Waals surface area contributed by atoms with Gasteiger partial charge in [-0.2, -0.15) is 18.3 Å². The van der Waals surface area contributed by atoms with Gasteiger partial charge >= 0.3 is 6.18 Å². The number of ether oxygens (including phenoxy) is 1. The monoisotopic (exact) mass is 523 g/mol. The van der Waals surface area contributed by atoms with Crippen molar-refractivity contribution >= 4 is 40.1 Å². The largest absolute Gasteiger partial charge is 0.474 e. The van der Waals surface area contributed by atoms with Gasteiger partial charge in [-0.1, -0.05) is 24.6 Å². The van der Waals surface area contributed by atoms with E-state index < -0.39 is 36.5 Å². The number of alkyl halides is 3. The first-order chi connectivity index (χ1) is 17.0. The summed E-state index contributed by atoms with van der Waals surface area (Å²) in [6.45, 7) is 1.68. The highest BCUT2D eigenvalue weighted by molar-refractivity contribution is 6.33. The van der Waals surface area contributed by atoms with E-state index in [-0.39, 0.29) is 6.10 Å². The minimum atomic E-state index is -4.55. The molecule has 0 radical (unpaired) electrons. The highest BCUT2D eigenvalue weighted by Gasteiger charge is 2.49. The third kappa shape index (κ3) is 5.25. The number of carbonyl (C=O) groups is 2. The molecule has 2 N–H and O–H groups in total. The topological polar surface area (TPSA) is 100 Å². The standard InChI is InChI=1S/C24H25ClF3N5O3/c1-3-14(36-20-8-7-16-17(31-20)11-30-32-16)9-10-23(2)21-15(25)5-4-6-18(21)33(22(23)35)12-19(34)29-13-24(26,27)28/h4-8,11,14H,3,9-10,12-13H2,1-2H3,(H,29,34)(H,30,32)/t14?,23-/m0/s1. The van der Waals surface area contributed by atoms with Gasteiger partial charge < -0.3 is 15.0 Å². The number of benzene rings is 1. The molecule has 2 aromatic heterocycles. The van der Waals surface area contributed by atoms with E-state index in [1.165, 1.54) is 4.90 Å². The van der Waals surface area contributed by atoms with E-state index >= 15 is 0 Å². The molecule has 0 fully saturated rings. The number of H-pyrrole nitrogens is 1. The summed E-state index contributed by atoms with van der Waals surface area (Å²) in [5, 5.41) is 8.94. The smallest absolute Gasteiger partial charge is 0.405 e. The molecule has 0 spiro atoms. The molecule has 2 atom stereocenters. The van der Waals surface area contributed by atoms with Gasteiger partial charge in [0.05, 0.1) is 22.8 Å². The van der Waals surface area contributed by atoms with Crippen LogP contribution in [-0.4, -0.2) is 52.4 Å². The summed E-state index contributed by atoms with van der Waals surface area (Å²) in [5.41, 5.74) is 1.33. The minimum Gasteiger partial charge on any atom is -0.474 e. The van der Waals surface area contributed by atoms with Gasteiger partial charge in [-0.25, -0.2) is 4.98 Å². The lowest BCUT2D eigenvalue weighted by molar-refractivity contribution is -0.138. The van der Waals surface area contributed by atoms with Crippen LogP contribution in [0, 0.1) is 0 Å². The molecule has 1 unspecified atom stereocenters. The van der Waals surface area contributed by atoms with Gasteiger partial charge in [0.25, 0.3) is 0 Å². The molecule has 4 rings (SSSR count). The van der Waals surface area contributed by atoms with Crippen molar-refractivity contribution < 1.29 is 27.5 Å². The van der Waals surface area contributed by atoms with Crippen molar-refractivity contribution in [3.05, 3.63) is 47.1 Å². The molecular weight excluding hydrogens is 499 g/mol. The third-order valence-electron chi connectivity index (χ3n) is 6.32. The van der Waals surface area contributed by atoms with E-state index in [4.69, 9.17) is 16.3 Å². The summed E-state index contributed by atoms with van der Waals surface area (Å²) in [7, 11) is 0. The Balaban J connectivity index is 1.51. The summed E-state index contributed by atoms with van der Waals surface area (Å²) in [4.78, 5) is 31.4. The van der Waals surface area contributed by atoms with E-state index in [9.17, 15) is 22.8 Å². The van der Waals surface area contributed by atoms with Crippen LogP contribution >= 0.6 is 11.6 Å². The Morgan fingerprint density at radius 1 is 1.31 bits per heavy atom. The van der Waals surface area contributed by atoms with Gasteiger partial charge in [0, 0.05) is 16.7 Å². The fourth-order valence-corrected chi connectivity index (χ4v) is 4.81. The number of pyridine rings is 1. The Morgan fingerprint density at radius 3 is 2.81 bits per heavy atom. The van der Waals surface area contributed by atoms with Crippen molar-refractivity contribution in [2.45, 2.75) is 50.8 Å². The highest BCUT2D eigenvalue weighted by atomic mass is 35.5. The van der Waals surface area contributed by atoms with Gasteiger partial charge in [0.2, 0.25) is 17.7 Å². The second kappa shape index (κ2) is 9.96. The number of nitrogens with one attached hydrogen (secondary N) is 2. The maximum Gasteiger partial charge on any atom is 0.405 e. The highest BCUT2D eigenvalue weighted by Crippen LogP contribution is 2.48. The number of hydrogen-bond acceptors (Lipinski definition) is 5. The Hall–Kier alpha value is -3.34. The maximum atomic E-state index is 13.6. The van der Waals surface area contributed by atoms with Crippen LogP contribution in [0.4, 0.5) is 18.9 Å². The van der Waals surface area contributed by atoms with Crippen LogP contribution in [-0.2, 0) is 15.0 Å². The number of fused-ring (bicyclic) bond motifs is 2. The van der Waals surface area contributed by atoms with Gasteiger partial charge in [0.1, 0.15) is 24.7 Å². The molecule has 2 amide bonds. The van der Waals surface area contributed by atoms with E-state index in [0.717, 1.165) is 5.52 Å². The van der Waals surface area contributed by atoms with E-state index in [1.54, 1.807) is 37.4 Å². The Kier molecular flexibility index (Phi) is 7.12. The van der Waals surface area contributed by atoms with Crippen molar-refractivity contribution in [1.82, 2.24) is 20.5 Å². The zero-order chi connectivity index (χ0) is 26.1. The van der Waals surface area contributed by atoms with Gasteiger partial charge in [-0.15, -0.1) is 0 Å². The summed E-state index contributed by atoms with van der Waals surface area (Å²) >= 11 is 6.49. The van der Waals surface area contributed by atoms with Crippen LogP contribution in [0.1, 0.15) is 38.7 Å². The molecule has 12 heteroatoms. The molecule has 1 aliphatic heterocycles.